The standard InChI is InChI=1S/C14H23N3O2/c1-4-11(5-2)17-13(9-10(3)16-17)15-14(18)12-7-6-8-19-12/h9,11-12H,4-8H2,1-3H3,(H,15,18)/t12-/m0/s1. The molecule has 2 rings (SSSR count). The number of nitrogens with one attached hydrogen (secondary N) is 1. The zero-order chi connectivity index (χ0) is 13.8. The first-order chi connectivity index (χ1) is 9.15. The fourth-order valence-electron chi connectivity index (χ4n) is 2.51. The molecule has 0 bridgehead atoms. The Kier molecular flexibility index (Phi) is 4.58. The van der Waals surface area contributed by atoms with Gasteiger partial charge in [-0.1, -0.05) is 13.8 Å². The number of nitrogens with zero attached hydrogens (tertiary/aromatic N) is 2. The van der Waals surface area contributed by atoms with Gasteiger partial charge < -0.3 is 10.1 Å². The van der Waals surface area contributed by atoms with E-state index in [4.69, 9.17) is 4.74 Å². The average Bonchev–Trinajstić information content (AvgIpc) is 3.01. The molecule has 0 unspecified atom stereocenters. The number of ether oxygens (including phenoxy) is 1. The molecular weight excluding hydrogens is 242 g/mol. The molecule has 0 radical (unpaired) electrons. The second-order valence-electron chi connectivity index (χ2n) is 5.08. The van der Waals surface area contributed by atoms with Crippen LogP contribution < -0.4 is 5.32 Å². The van der Waals surface area contributed by atoms with Crippen molar-refractivity contribution in [3.63, 3.8) is 0 Å². The van der Waals surface area contributed by atoms with Crippen LogP contribution in [0.15, 0.2) is 6.07 Å². The molecule has 1 N–H and O–H groups in total. The lowest BCUT2D eigenvalue weighted by molar-refractivity contribution is -0.124. The van der Waals surface area contributed by atoms with Crippen LogP contribution in [0.4, 0.5) is 5.82 Å². The molecule has 0 aliphatic carbocycles. The minimum absolute atomic E-state index is 0.0513. The summed E-state index contributed by atoms with van der Waals surface area (Å²) in [6.45, 7) is 6.90. The fourth-order valence-corrected chi connectivity index (χ4v) is 2.51. The lowest BCUT2D eigenvalue weighted by Gasteiger charge is -2.18. The van der Waals surface area contributed by atoms with Gasteiger partial charge in [0.1, 0.15) is 11.9 Å². The molecular formula is C14H23N3O2. The lowest BCUT2D eigenvalue weighted by atomic mass is 10.2. The van der Waals surface area contributed by atoms with Gasteiger partial charge in [-0.05, 0) is 32.6 Å². The molecule has 1 aliphatic rings. The zero-order valence-corrected chi connectivity index (χ0v) is 12.0. The molecule has 1 amide bonds. The highest BCUT2D eigenvalue weighted by Crippen LogP contribution is 2.23. The number of amides is 1. The maximum Gasteiger partial charge on any atom is 0.254 e. The summed E-state index contributed by atoms with van der Waals surface area (Å²) in [4.78, 5) is 12.1. The normalized spacial score (nSPS) is 19.1. The van der Waals surface area contributed by atoms with E-state index in [9.17, 15) is 4.79 Å². The summed E-state index contributed by atoms with van der Waals surface area (Å²) in [7, 11) is 0. The molecule has 1 fully saturated rings. The fraction of sp³-hybridized carbons (Fsp3) is 0.714. The van der Waals surface area contributed by atoms with Gasteiger partial charge in [-0.3, -0.25) is 4.79 Å². The van der Waals surface area contributed by atoms with Crippen LogP contribution in [-0.2, 0) is 9.53 Å². The Hall–Kier alpha value is -1.36. The van der Waals surface area contributed by atoms with E-state index in [0.29, 0.717) is 12.6 Å². The summed E-state index contributed by atoms with van der Waals surface area (Å²) in [6, 6.07) is 2.25. The zero-order valence-electron chi connectivity index (χ0n) is 12.0. The van der Waals surface area contributed by atoms with Crippen molar-refractivity contribution >= 4 is 11.7 Å². The molecule has 19 heavy (non-hydrogen) atoms. The van der Waals surface area contributed by atoms with Crippen molar-refractivity contribution in [3.05, 3.63) is 11.8 Å². The van der Waals surface area contributed by atoms with Crippen LogP contribution in [0.2, 0.25) is 0 Å². The molecule has 5 heteroatoms. The number of carbonyl (C=O) groups is 1. The summed E-state index contributed by atoms with van der Waals surface area (Å²) >= 11 is 0. The number of carbonyl (C=O) groups excluding carboxylic acids is 1. The Balaban J connectivity index is 2.12. The molecule has 1 aromatic heterocycles. The second kappa shape index (κ2) is 6.19. The van der Waals surface area contributed by atoms with Gasteiger partial charge in [-0.15, -0.1) is 0 Å². The van der Waals surface area contributed by atoms with E-state index in [1.54, 1.807) is 0 Å². The minimum Gasteiger partial charge on any atom is -0.368 e. The second-order valence-corrected chi connectivity index (χ2v) is 5.08. The average molecular weight is 265 g/mol. The Morgan fingerprint density at radius 3 is 2.89 bits per heavy atom. The Labute approximate surface area is 114 Å². The summed E-state index contributed by atoms with van der Waals surface area (Å²) in [5.74, 6) is 0.733. The Morgan fingerprint density at radius 2 is 2.32 bits per heavy atom. The first-order valence-electron chi connectivity index (χ1n) is 7.14. The van der Waals surface area contributed by atoms with Gasteiger partial charge in [0.25, 0.3) is 5.91 Å². The first-order valence-corrected chi connectivity index (χ1v) is 7.14. The highest BCUT2D eigenvalue weighted by atomic mass is 16.5. The van der Waals surface area contributed by atoms with Gasteiger partial charge >= 0.3 is 0 Å². The Bertz CT molecular complexity index is 432. The molecule has 0 aromatic carbocycles. The maximum atomic E-state index is 12.1. The van der Waals surface area contributed by atoms with Crippen LogP contribution in [0, 0.1) is 6.92 Å². The third kappa shape index (κ3) is 3.15. The van der Waals surface area contributed by atoms with Crippen molar-refractivity contribution in [3.8, 4) is 0 Å². The van der Waals surface area contributed by atoms with Crippen molar-refractivity contribution in [2.24, 2.45) is 0 Å². The van der Waals surface area contributed by atoms with Crippen molar-refractivity contribution in [1.29, 1.82) is 0 Å². The SMILES string of the molecule is CCC(CC)n1nc(C)cc1NC(=O)[C@@H]1CCCO1. The minimum atomic E-state index is -0.301. The first kappa shape index (κ1) is 14.1. The highest BCUT2D eigenvalue weighted by Gasteiger charge is 2.25. The molecule has 1 saturated heterocycles. The molecule has 106 valence electrons. The molecule has 0 spiro atoms. The quantitative estimate of drug-likeness (QED) is 0.890. The van der Waals surface area contributed by atoms with Crippen molar-refractivity contribution in [2.45, 2.75) is 58.6 Å². The third-order valence-corrected chi connectivity index (χ3v) is 3.62. The van der Waals surface area contributed by atoms with Gasteiger partial charge in [0, 0.05) is 12.7 Å². The monoisotopic (exact) mass is 265 g/mol. The molecule has 1 aromatic rings. The molecule has 0 saturated carbocycles. The summed E-state index contributed by atoms with van der Waals surface area (Å²) < 4.78 is 7.34. The Morgan fingerprint density at radius 1 is 1.58 bits per heavy atom. The summed E-state index contributed by atoms with van der Waals surface area (Å²) in [5, 5.41) is 7.45. The number of aromatic nitrogens is 2. The number of hydrogen-bond acceptors (Lipinski definition) is 3. The highest BCUT2D eigenvalue weighted by molar-refractivity contribution is 5.93. The van der Waals surface area contributed by atoms with E-state index < -0.39 is 0 Å². The number of anilines is 1. The van der Waals surface area contributed by atoms with Crippen LogP contribution in [0.3, 0.4) is 0 Å². The van der Waals surface area contributed by atoms with E-state index in [2.05, 4.69) is 24.3 Å². The predicted octanol–water partition coefficient (Wildman–Crippen LogP) is 2.67. The van der Waals surface area contributed by atoms with E-state index in [1.165, 1.54) is 0 Å². The van der Waals surface area contributed by atoms with E-state index >= 15 is 0 Å². The third-order valence-electron chi connectivity index (χ3n) is 3.62. The van der Waals surface area contributed by atoms with Crippen LogP contribution in [0.25, 0.3) is 0 Å². The molecule has 5 nitrogen and oxygen atoms in total. The number of rotatable bonds is 5. The molecule has 1 aliphatic heterocycles. The predicted molar refractivity (Wildman–Crippen MR) is 74.2 cm³/mol. The van der Waals surface area contributed by atoms with Crippen LogP contribution in [0.1, 0.15) is 51.3 Å². The van der Waals surface area contributed by atoms with Crippen molar-refractivity contribution in [2.75, 3.05) is 11.9 Å². The van der Waals surface area contributed by atoms with Gasteiger partial charge in [-0.2, -0.15) is 5.10 Å². The number of hydrogen-bond donors (Lipinski definition) is 1. The molecule has 2 heterocycles. The largest absolute Gasteiger partial charge is 0.368 e. The van der Waals surface area contributed by atoms with Gasteiger partial charge in [0.05, 0.1) is 11.7 Å². The maximum absolute atomic E-state index is 12.1. The van der Waals surface area contributed by atoms with Crippen LogP contribution in [-0.4, -0.2) is 28.4 Å². The van der Waals surface area contributed by atoms with Crippen LogP contribution >= 0.6 is 0 Å². The van der Waals surface area contributed by atoms with Crippen molar-refractivity contribution < 1.29 is 9.53 Å². The smallest absolute Gasteiger partial charge is 0.254 e. The van der Waals surface area contributed by atoms with Gasteiger partial charge in [0.2, 0.25) is 0 Å². The van der Waals surface area contributed by atoms with Gasteiger partial charge in [0.15, 0.2) is 0 Å². The molecule has 1 atom stereocenters. The summed E-state index contributed by atoms with van der Waals surface area (Å²) in [5.41, 5.74) is 0.926. The topological polar surface area (TPSA) is 56.2 Å². The van der Waals surface area contributed by atoms with E-state index in [0.717, 1.165) is 37.2 Å². The van der Waals surface area contributed by atoms with E-state index in [1.807, 2.05) is 17.7 Å². The van der Waals surface area contributed by atoms with Crippen LogP contribution in [0.5, 0.6) is 0 Å². The summed E-state index contributed by atoms with van der Waals surface area (Å²) in [6.07, 6.45) is 3.47. The van der Waals surface area contributed by atoms with Gasteiger partial charge in [-0.25, -0.2) is 4.68 Å². The lowest BCUT2D eigenvalue weighted by Crippen LogP contribution is -2.28. The van der Waals surface area contributed by atoms with Crippen molar-refractivity contribution in [1.82, 2.24) is 9.78 Å². The van der Waals surface area contributed by atoms with E-state index in [-0.39, 0.29) is 12.0 Å². The number of aryl methyl sites for hydroxylation is 1.